The third-order valence-electron chi connectivity index (χ3n) is 3.48. The first-order valence-electron chi connectivity index (χ1n) is 7.54. The minimum atomic E-state index is -4.23. The standard InChI is InChI=1S/C14H30O4S.Na/c1-3-5-6-7-8-10-14(19(16,17)18)12-11-13(15)9-4-2;/h13-15H,3-12H2,1-2H3,(H,16,17,18);/q;+1/p-1. The monoisotopic (exact) mass is 316 g/mol. The second-order valence-electron chi connectivity index (χ2n) is 5.34. The van der Waals surface area contributed by atoms with Gasteiger partial charge in [-0.3, -0.25) is 0 Å². The van der Waals surface area contributed by atoms with Crippen LogP contribution in [0.5, 0.6) is 0 Å². The van der Waals surface area contributed by atoms with Crippen LogP contribution in [-0.2, 0) is 10.1 Å². The minimum absolute atomic E-state index is 0. The van der Waals surface area contributed by atoms with Crippen molar-refractivity contribution in [1.29, 1.82) is 0 Å². The third-order valence-corrected chi connectivity index (χ3v) is 4.77. The summed E-state index contributed by atoms with van der Waals surface area (Å²) in [5.41, 5.74) is 0. The predicted molar refractivity (Wildman–Crippen MR) is 77.0 cm³/mol. The zero-order valence-corrected chi connectivity index (χ0v) is 16.1. The van der Waals surface area contributed by atoms with Crippen LogP contribution in [0.25, 0.3) is 0 Å². The number of hydrogen-bond acceptors (Lipinski definition) is 4. The second kappa shape index (κ2) is 13.5. The number of hydrogen-bond donors (Lipinski definition) is 1. The molecule has 0 saturated carbocycles. The van der Waals surface area contributed by atoms with E-state index in [1.807, 2.05) is 6.92 Å². The molecule has 4 nitrogen and oxygen atoms in total. The molecule has 0 aromatic rings. The van der Waals surface area contributed by atoms with Crippen molar-refractivity contribution in [2.45, 2.75) is 89.4 Å². The molecule has 0 spiro atoms. The van der Waals surface area contributed by atoms with Crippen LogP contribution in [0, 0.1) is 0 Å². The molecule has 0 aliphatic carbocycles. The summed E-state index contributed by atoms with van der Waals surface area (Å²) >= 11 is 0. The van der Waals surface area contributed by atoms with Gasteiger partial charge in [-0.15, -0.1) is 0 Å². The van der Waals surface area contributed by atoms with E-state index in [1.54, 1.807) is 0 Å². The van der Waals surface area contributed by atoms with E-state index in [2.05, 4.69) is 6.92 Å². The van der Waals surface area contributed by atoms with E-state index in [1.165, 1.54) is 0 Å². The number of aliphatic hydroxyl groups excluding tert-OH is 1. The van der Waals surface area contributed by atoms with E-state index < -0.39 is 21.5 Å². The molecule has 0 amide bonds. The summed E-state index contributed by atoms with van der Waals surface area (Å²) in [6, 6.07) is 0. The topological polar surface area (TPSA) is 77.4 Å². The van der Waals surface area contributed by atoms with E-state index >= 15 is 0 Å². The van der Waals surface area contributed by atoms with Gasteiger partial charge in [-0.2, -0.15) is 0 Å². The average Bonchev–Trinajstić information content (AvgIpc) is 2.31. The Bertz CT molecular complexity index is 306. The second-order valence-corrected chi connectivity index (χ2v) is 6.99. The maximum atomic E-state index is 11.2. The van der Waals surface area contributed by atoms with E-state index in [4.69, 9.17) is 0 Å². The molecule has 0 bridgehead atoms. The van der Waals surface area contributed by atoms with Gasteiger partial charge in [0.25, 0.3) is 0 Å². The molecule has 2 atom stereocenters. The third kappa shape index (κ3) is 12.6. The van der Waals surface area contributed by atoms with Crippen LogP contribution in [0.15, 0.2) is 0 Å². The molecule has 0 aromatic heterocycles. The molecule has 0 aliphatic rings. The Morgan fingerprint density at radius 1 is 0.900 bits per heavy atom. The van der Waals surface area contributed by atoms with Gasteiger partial charge in [-0.1, -0.05) is 52.4 Å². The molecule has 0 aliphatic heterocycles. The van der Waals surface area contributed by atoms with Crippen LogP contribution in [0.1, 0.15) is 78.1 Å². The summed E-state index contributed by atoms with van der Waals surface area (Å²) in [4.78, 5) is 0. The van der Waals surface area contributed by atoms with Gasteiger partial charge in [0.05, 0.1) is 16.2 Å². The van der Waals surface area contributed by atoms with Crippen LogP contribution >= 0.6 is 0 Å². The summed E-state index contributed by atoms with van der Waals surface area (Å²) < 4.78 is 33.6. The quantitative estimate of drug-likeness (QED) is 0.317. The number of unbranched alkanes of at least 4 members (excludes halogenated alkanes) is 4. The van der Waals surface area contributed by atoms with Crippen molar-refractivity contribution in [2.24, 2.45) is 0 Å². The largest absolute Gasteiger partial charge is 1.00 e. The molecule has 0 rings (SSSR count). The van der Waals surface area contributed by atoms with Crippen molar-refractivity contribution in [3.05, 3.63) is 0 Å². The zero-order chi connectivity index (χ0) is 14.7. The van der Waals surface area contributed by atoms with Gasteiger partial charge in [0, 0.05) is 5.25 Å². The van der Waals surface area contributed by atoms with E-state index in [-0.39, 0.29) is 29.6 Å². The van der Waals surface area contributed by atoms with E-state index in [0.29, 0.717) is 25.7 Å². The van der Waals surface area contributed by atoms with Crippen molar-refractivity contribution in [2.75, 3.05) is 0 Å². The van der Waals surface area contributed by atoms with Gasteiger partial charge in [0.2, 0.25) is 0 Å². The van der Waals surface area contributed by atoms with E-state index in [0.717, 1.165) is 38.5 Å². The van der Waals surface area contributed by atoms with Crippen molar-refractivity contribution < 1.29 is 47.6 Å². The maximum Gasteiger partial charge on any atom is 1.00 e. The summed E-state index contributed by atoms with van der Waals surface area (Å²) in [7, 11) is -4.23. The first-order chi connectivity index (χ1) is 8.91. The smallest absolute Gasteiger partial charge is 0.748 e. The number of aliphatic hydroxyl groups is 1. The van der Waals surface area contributed by atoms with Crippen molar-refractivity contribution in [3.63, 3.8) is 0 Å². The molecular weight excluding hydrogens is 287 g/mol. The Morgan fingerprint density at radius 3 is 2.00 bits per heavy atom. The molecule has 1 N–H and O–H groups in total. The zero-order valence-electron chi connectivity index (χ0n) is 13.3. The molecule has 6 heteroatoms. The van der Waals surface area contributed by atoms with Crippen LogP contribution in [0.4, 0.5) is 0 Å². The molecule has 0 fully saturated rings. The van der Waals surface area contributed by atoms with Gasteiger partial charge in [0.15, 0.2) is 0 Å². The fraction of sp³-hybridized carbons (Fsp3) is 1.00. The molecule has 0 heterocycles. The fourth-order valence-electron chi connectivity index (χ4n) is 2.26. The Balaban J connectivity index is 0. The van der Waals surface area contributed by atoms with Crippen LogP contribution in [0.2, 0.25) is 0 Å². The Morgan fingerprint density at radius 2 is 1.50 bits per heavy atom. The van der Waals surface area contributed by atoms with Crippen molar-refractivity contribution >= 4 is 10.1 Å². The molecule has 2 unspecified atom stereocenters. The van der Waals surface area contributed by atoms with Gasteiger partial charge in [0.1, 0.15) is 0 Å². The molecule has 116 valence electrons. The summed E-state index contributed by atoms with van der Waals surface area (Å²) in [6.07, 6.45) is 7.37. The predicted octanol–water partition coefficient (Wildman–Crippen LogP) is 0.206. The normalized spacial score (nSPS) is 14.6. The molecule has 0 radical (unpaired) electrons. The first kappa shape index (κ1) is 23.1. The first-order valence-corrected chi connectivity index (χ1v) is 9.01. The van der Waals surface area contributed by atoms with Crippen molar-refractivity contribution in [3.8, 4) is 0 Å². The van der Waals surface area contributed by atoms with Crippen LogP contribution in [0.3, 0.4) is 0 Å². The van der Waals surface area contributed by atoms with Gasteiger partial charge >= 0.3 is 29.6 Å². The minimum Gasteiger partial charge on any atom is -0.748 e. The van der Waals surface area contributed by atoms with Gasteiger partial charge in [-0.25, -0.2) is 8.42 Å². The number of rotatable bonds is 12. The maximum absolute atomic E-state index is 11.2. The Hall–Kier alpha value is 0.870. The molecular formula is C14H29NaO4S. The van der Waals surface area contributed by atoms with Gasteiger partial charge < -0.3 is 9.66 Å². The Labute approximate surface area is 146 Å². The Kier molecular flexibility index (Phi) is 15.7. The van der Waals surface area contributed by atoms with Crippen molar-refractivity contribution in [1.82, 2.24) is 0 Å². The summed E-state index contributed by atoms with van der Waals surface area (Å²) in [6.45, 7) is 4.10. The molecule has 0 saturated heterocycles. The fourth-order valence-corrected chi connectivity index (χ4v) is 3.14. The SMILES string of the molecule is CCCCCCCC(CCC(O)CCC)S(=O)(=O)[O-].[Na+]. The molecule has 0 aromatic carbocycles. The van der Waals surface area contributed by atoms with Gasteiger partial charge in [-0.05, 0) is 25.7 Å². The average molecular weight is 316 g/mol. The summed E-state index contributed by atoms with van der Waals surface area (Å²) in [5, 5.41) is 8.79. The van der Waals surface area contributed by atoms with Crippen LogP contribution in [-0.4, -0.2) is 29.4 Å². The van der Waals surface area contributed by atoms with Crippen LogP contribution < -0.4 is 29.6 Å². The molecule has 20 heavy (non-hydrogen) atoms. The summed E-state index contributed by atoms with van der Waals surface area (Å²) in [5.74, 6) is 0. The van der Waals surface area contributed by atoms with E-state index in [9.17, 15) is 18.1 Å².